The van der Waals surface area contributed by atoms with Gasteiger partial charge in [-0.3, -0.25) is 0 Å². The van der Waals surface area contributed by atoms with Crippen LogP contribution in [0.4, 0.5) is 4.39 Å². The predicted molar refractivity (Wildman–Crippen MR) is 157 cm³/mol. The molecule has 0 unspecified atom stereocenters. The Bertz CT molecular complexity index is 1210. The average molecular weight is 495 g/mol. The molecule has 4 rings (SSSR count). The average Bonchev–Trinajstić information content (AvgIpc) is 2.93. The molecule has 0 radical (unpaired) electrons. The third-order valence-electron chi connectivity index (χ3n) is 8.18. The van der Waals surface area contributed by atoms with Gasteiger partial charge in [0.25, 0.3) is 0 Å². The van der Waals surface area contributed by atoms with Crippen molar-refractivity contribution in [3.63, 3.8) is 0 Å². The van der Waals surface area contributed by atoms with Crippen molar-refractivity contribution in [3.05, 3.63) is 94.8 Å². The second-order valence-electron chi connectivity index (χ2n) is 11.0. The fourth-order valence-electron chi connectivity index (χ4n) is 5.78. The van der Waals surface area contributed by atoms with Crippen molar-refractivity contribution < 1.29 is 4.39 Å². The first-order chi connectivity index (χ1) is 18.2. The number of aryl methyl sites for hydroxylation is 2. The Kier molecular flexibility index (Phi) is 10.4. The minimum Gasteiger partial charge on any atom is -0.206 e. The SMILES string of the molecule is C/C=C/CCc1ccc2cc(C#Cc3ccc(CCC4CCC(CCCCC)CC4)cc3)ccc2c1F. The third kappa shape index (κ3) is 8.07. The van der Waals surface area contributed by atoms with E-state index in [2.05, 4.69) is 49.1 Å². The van der Waals surface area contributed by atoms with Gasteiger partial charge in [0.05, 0.1) is 0 Å². The molecule has 0 amide bonds. The summed E-state index contributed by atoms with van der Waals surface area (Å²) in [5.41, 5.74) is 4.14. The van der Waals surface area contributed by atoms with Crippen molar-refractivity contribution in [1.29, 1.82) is 0 Å². The van der Waals surface area contributed by atoms with E-state index in [1.54, 1.807) is 0 Å². The monoisotopic (exact) mass is 494 g/mol. The van der Waals surface area contributed by atoms with Crippen LogP contribution in [0.1, 0.15) is 100 Å². The van der Waals surface area contributed by atoms with Gasteiger partial charge in [-0.25, -0.2) is 4.39 Å². The molecular weight excluding hydrogens is 451 g/mol. The molecule has 0 N–H and O–H groups in total. The zero-order valence-electron chi connectivity index (χ0n) is 22.9. The third-order valence-corrected chi connectivity index (χ3v) is 8.18. The van der Waals surface area contributed by atoms with Gasteiger partial charge >= 0.3 is 0 Å². The van der Waals surface area contributed by atoms with Crippen molar-refractivity contribution >= 4 is 10.8 Å². The van der Waals surface area contributed by atoms with Crippen molar-refractivity contribution in [2.24, 2.45) is 11.8 Å². The number of unbranched alkanes of at least 4 members (excludes halogenated alkanes) is 2. The molecule has 1 aliphatic rings. The molecule has 0 nitrogen and oxygen atoms in total. The minimum atomic E-state index is -0.0999. The van der Waals surface area contributed by atoms with Crippen LogP contribution in [0.3, 0.4) is 0 Å². The Labute approximate surface area is 224 Å². The van der Waals surface area contributed by atoms with E-state index < -0.39 is 0 Å². The molecular formula is C36H43F. The second-order valence-corrected chi connectivity index (χ2v) is 11.0. The number of hydrogen-bond acceptors (Lipinski definition) is 0. The van der Waals surface area contributed by atoms with E-state index in [1.165, 1.54) is 69.8 Å². The molecule has 1 saturated carbocycles. The topological polar surface area (TPSA) is 0 Å². The lowest BCUT2D eigenvalue weighted by Gasteiger charge is -2.28. The summed E-state index contributed by atoms with van der Waals surface area (Å²) < 4.78 is 14.9. The second kappa shape index (κ2) is 14.2. The normalized spacial score (nSPS) is 17.7. The summed E-state index contributed by atoms with van der Waals surface area (Å²) in [4.78, 5) is 0. The molecule has 3 aromatic rings. The van der Waals surface area contributed by atoms with Gasteiger partial charge in [-0.15, -0.1) is 0 Å². The fraction of sp³-hybridized carbons (Fsp3) is 0.444. The van der Waals surface area contributed by atoms with Crippen molar-refractivity contribution in [2.45, 2.75) is 90.9 Å². The van der Waals surface area contributed by atoms with Crippen molar-refractivity contribution in [2.75, 3.05) is 0 Å². The summed E-state index contributed by atoms with van der Waals surface area (Å²) in [6.07, 6.45) is 19.5. The van der Waals surface area contributed by atoms with Gasteiger partial charge in [-0.1, -0.05) is 113 Å². The minimum absolute atomic E-state index is 0.0999. The Hall–Kier alpha value is -2.85. The molecule has 0 aromatic heterocycles. The van der Waals surface area contributed by atoms with Crippen LogP contribution >= 0.6 is 0 Å². The molecule has 0 aliphatic heterocycles. The molecule has 0 atom stereocenters. The van der Waals surface area contributed by atoms with Gasteiger partial charge in [0.1, 0.15) is 5.82 Å². The Balaban J connectivity index is 1.29. The van der Waals surface area contributed by atoms with Crippen LogP contribution in [0, 0.1) is 29.5 Å². The lowest BCUT2D eigenvalue weighted by molar-refractivity contribution is 0.249. The van der Waals surface area contributed by atoms with Crippen LogP contribution in [0.15, 0.2) is 66.7 Å². The molecule has 1 fully saturated rings. The van der Waals surface area contributed by atoms with Gasteiger partial charge in [-0.2, -0.15) is 0 Å². The van der Waals surface area contributed by atoms with E-state index >= 15 is 0 Å². The zero-order valence-corrected chi connectivity index (χ0v) is 22.9. The Morgan fingerprint density at radius 2 is 1.51 bits per heavy atom. The summed E-state index contributed by atoms with van der Waals surface area (Å²) in [5.74, 6) is 8.37. The number of rotatable bonds is 10. The lowest BCUT2D eigenvalue weighted by atomic mass is 9.78. The smallest absolute Gasteiger partial charge is 0.134 e. The van der Waals surface area contributed by atoms with Crippen LogP contribution in [0.25, 0.3) is 10.8 Å². The number of hydrogen-bond donors (Lipinski definition) is 0. The van der Waals surface area contributed by atoms with E-state index in [1.807, 2.05) is 43.3 Å². The molecule has 1 heteroatoms. The quantitative estimate of drug-likeness (QED) is 0.149. The largest absolute Gasteiger partial charge is 0.206 e. The van der Waals surface area contributed by atoms with E-state index in [0.717, 1.165) is 46.8 Å². The van der Waals surface area contributed by atoms with Crippen LogP contribution in [-0.4, -0.2) is 0 Å². The predicted octanol–water partition coefficient (Wildman–Crippen LogP) is 10.2. The van der Waals surface area contributed by atoms with Crippen molar-refractivity contribution in [3.8, 4) is 11.8 Å². The standard InChI is InChI=1S/C36H43F/c1-3-5-7-9-28-11-13-29(14-12-28)15-16-30-17-19-31(20-18-30)21-22-32-23-26-35-34(27-32)25-24-33(36(35)37)10-8-6-4-2/h4,6,17-20,23-29H,3,5,7-16H2,1-2H3/b6-4+. The molecule has 0 heterocycles. The first-order valence-corrected chi connectivity index (χ1v) is 14.6. The Morgan fingerprint density at radius 3 is 2.24 bits per heavy atom. The van der Waals surface area contributed by atoms with E-state index in [0.29, 0.717) is 5.39 Å². The van der Waals surface area contributed by atoms with Crippen LogP contribution in [-0.2, 0) is 12.8 Å². The van der Waals surface area contributed by atoms with Gasteiger partial charge in [0.15, 0.2) is 0 Å². The molecule has 0 saturated heterocycles. The molecule has 0 spiro atoms. The molecule has 194 valence electrons. The number of halogens is 1. The van der Waals surface area contributed by atoms with Gasteiger partial charge in [0.2, 0.25) is 0 Å². The number of fused-ring (bicyclic) bond motifs is 1. The highest BCUT2D eigenvalue weighted by atomic mass is 19.1. The van der Waals surface area contributed by atoms with Gasteiger partial charge < -0.3 is 0 Å². The Morgan fingerprint density at radius 1 is 0.811 bits per heavy atom. The first-order valence-electron chi connectivity index (χ1n) is 14.6. The maximum atomic E-state index is 14.9. The maximum Gasteiger partial charge on any atom is 0.134 e. The summed E-state index contributed by atoms with van der Waals surface area (Å²) >= 11 is 0. The molecule has 37 heavy (non-hydrogen) atoms. The maximum absolute atomic E-state index is 14.9. The van der Waals surface area contributed by atoms with Gasteiger partial charge in [-0.05, 0) is 85.2 Å². The number of benzene rings is 3. The molecule has 0 bridgehead atoms. The van der Waals surface area contributed by atoms with E-state index in [4.69, 9.17) is 0 Å². The molecule has 1 aliphatic carbocycles. The van der Waals surface area contributed by atoms with E-state index in [-0.39, 0.29) is 5.82 Å². The van der Waals surface area contributed by atoms with Gasteiger partial charge in [0, 0.05) is 16.5 Å². The van der Waals surface area contributed by atoms with Crippen LogP contribution < -0.4 is 0 Å². The van der Waals surface area contributed by atoms with Crippen molar-refractivity contribution in [1.82, 2.24) is 0 Å². The lowest BCUT2D eigenvalue weighted by Crippen LogP contribution is -2.15. The molecule has 3 aromatic carbocycles. The number of allylic oxidation sites excluding steroid dienone is 2. The van der Waals surface area contributed by atoms with Crippen LogP contribution in [0.5, 0.6) is 0 Å². The summed E-state index contributed by atoms with van der Waals surface area (Å²) in [6.45, 7) is 4.29. The first kappa shape index (κ1) is 27.2. The van der Waals surface area contributed by atoms with Crippen LogP contribution in [0.2, 0.25) is 0 Å². The highest BCUT2D eigenvalue weighted by Gasteiger charge is 2.20. The van der Waals surface area contributed by atoms with E-state index in [9.17, 15) is 4.39 Å². The fourth-order valence-corrected chi connectivity index (χ4v) is 5.78. The summed E-state index contributed by atoms with van der Waals surface area (Å²) in [6, 6.07) is 18.5. The highest BCUT2D eigenvalue weighted by molar-refractivity contribution is 5.85. The zero-order chi connectivity index (χ0) is 25.9. The summed E-state index contributed by atoms with van der Waals surface area (Å²) in [5, 5.41) is 1.59. The highest BCUT2D eigenvalue weighted by Crippen LogP contribution is 2.34. The summed E-state index contributed by atoms with van der Waals surface area (Å²) in [7, 11) is 0.